The lowest BCUT2D eigenvalue weighted by atomic mass is 10.2. The van der Waals surface area contributed by atoms with Crippen LogP contribution in [-0.4, -0.2) is 5.91 Å². The molecule has 0 saturated heterocycles. The highest BCUT2D eigenvalue weighted by Crippen LogP contribution is 2.25. The van der Waals surface area contributed by atoms with Gasteiger partial charge < -0.3 is 10.1 Å². The number of rotatable bonds is 5. The van der Waals surface area contributed by atoms with E-state index < -0.39 is 0 Å². The van der Waals surface area contributed by atoms with Crippen molar-refractivity contribution in [1.29, 1.82) is 0 Å². The second-order valence-electron chi connectivity index (χ2n) is 5.45. The molecule has 1 aromatic heterocycles. The minimum Gasteiger partial charge on any atom is -0.487 e. The quantitative estimate of drug-likeness (QED) is 0.623. The zero-order chi connectivity index (χ0) is 17.8. The number of aryl methyl sites for hydroxylation is 1. The summed E-state index contributed by atoms with van der Waals surface area (Å²) in [6, 6.07) is 13.3. The first kappa shape index (κ1) is 17.5. The van der Waals surface area contributed by atoms with Gasteiger partial charge in [-0.1, -0.05) is 23.7 Å². The molecule has 0 unspecified atom stereocenters. The van der Waals surface area contributed by atoms with Crippen LogP contribution in [0.15, 0.2) is 53.9 Å². The van der Waals surface area contributed by atoms with Crippen LogP contribution >= 0.6 is 22.9 Å². The highest BCUT2D eigenvalue weighted by Gasteiger charge is 2.12. The largest absolute Gasteiger partial charge is 0.487 e. The van der Waals surface area contributed by atoms with E-state index in [0.29, 0.717) is 33.5 Å². The number of carbonyl (C=O) groups is 1. The Labute approximate surface area is 154 Å². The molecule has 0 aliphatic carbocycles. The highest BCUT2D eigenvalue weighted by molar-refractivity contribution is 7.12. The van der Waals surface area contributed by atoms with Crippen molar-refractivity contribution >= 4 is 34.5 Å². The van der Waals surface area contributed by atoms with E-state index in [1.165, 1.54) is 23.5 Å². The fraction of sp³-hybridized carbons (Fsp3) is 0.105. The second kappa shape index (κ2) is 7.68. The molecular formula is C19H15ClFNO2S. The third kappa shape index (κ3) is 4.38. The van der Waals surface area contributed by atoms with Crippen LogP contribution in [0.2, 0.25) is 5.02 Å². The monoisotopic (exact) mass is 375 g/mol. The average molecular weight is 376 g/mol. The molecule has 2 aromatic carbocycles. The fourth-order valence-corrected chi connectivity index (χ4v) is 3.23. The zero-order valence-electron chi connectivity index (χ0n) is 13.4. The van der Waals surface area contributed by atoms with E-state index in [2.05, 4.69) is 5.32 Å². The highest BCUT2D eigenvalue weighted by atomic mass is 35.5. The van der Waals surface area contributed by atoms with E-state index in [9.17, 15) is 9.18 Å². The standard InChI is InChI=1S/C19H15ClFNO2S/c1-12-8-14(21)6-7-16(12)22-19(23)18-9-13(11-25-18)10-24-17-5-3-2-4-15(17)20/h2-9,11H,10H2,1H3,(H,22,23). The molecular weight excluding hydrogens is 361 g/mol. The molecule has 3 rings (SSSR count). The van der Waals surface area contributed by atoms with E-state index in [-0.39, 0.29) is 11.7 Å². The Morgan fingerprint density at radius 3 is 2.80 bits per heavy atom. The van der Waals surface area contributed by atoms with Crippen molar-refractivity contribution in [2.45, 2.75) is 13.5 Å². The van der Waals surface area contributed by atoms with Gasteiger partial charge in [0, 0.05) is 11.3 Å². The molecule has 128 valence electrons. The lowest BCUT2D eigenvalue weighted by molar-refractivity contribution is 0.103. The molecule has 0 saturated carbocycles. The minimum atomic E-state index is -0.328. The van der Waals surface area contributed by atoms with Crippen molar-refractivity contribution in [3.05, 3.63) is 80.8 Å². The summed E-state index contributed by atoms with van der Waals surface area (Å²) in [5, 5.41) is 5.20. The number of halogens is 2. The molecule has 0 fully saturated rings. The smallest absolute Gasteiger partial charge is 0.265 e. The molecule has 25 heavy (non-hydrogen) atoms. The van der Waals surface area contributed by atoms with E-state index in [1.54, 1.807) is 31.2 Å². The molecule has 6 heteroatoms. The van der Waals surface area contributed by atoms with Crippen LogP contribution in [0.25, 0.3) is 0 Å². The Morgan fingerprint density at radius 2 is 2.04 bits per heavy atom. The number of anilines is 1. The van der Waals surface area contributed by atoms with Crippen LogP contribution in [0, 0.1) is 12.7 Å². The Morgan fingerprint density at radius 1 is 1.24 bits per heavy atom. The Bertz CT molecular complexity index is 910. The van der Waals surface area contributed by atoms with Gasteiger partial charge in [0.2, 0.25) is 0 Å². The Balaban J connectivity index is 1.64. The molecule has 0 aliphatic rings. The fourth-order valence-electron chi connectivity index (χ4n) is 2.24. The molecule has 3 aromatic rings. The SMILES string of the molecule is Cc1cc(F)ccc1NC(=O)c1cc(COc2ccccc2Cl)cs1. The minimum absolute atomic E-state index is 0.233. The van der Waals surface area contributed by atoms with Crippen molar-refractivity contribution < 1.29 is 13.9 Å². The van der Waals surface area contributed by atoms with Gasteiger partial charge in [0.25, 0.3) is 5.91 Å². The van der Waals surface area contributed by atoms with Crippen LogP contribution in [0.1, 0.15) is 20.8 Å². The van der Waals surface area contributed by atoms with Gasteiger partial charge in [-0.2, -0.15) is 0 Å². The van der Waals surface area contributed by atoms with Gasteiger partial charge in [0.15, 0.2) is 0 Å². The van der Waals surface area contributed by atoms with Crippen LogP contribution in [0.5, 0.6) is 5.75 Å². The van der Waals surface area contributed by atoms with Crippen LogP contribution in [0.3, 0.4) is 0 Å². The van der Waals surface area contributed by atoms with E-state index in [1.807, 2.05) is 17.5 Å². The second-order valence-corrected chi connectivity index (χ2v) is 6.77. The number of ether oxygens (including phenoxy) is 1. The van der Waals surface area contributed by atoms with Crippen molar-refractivity contribution in [3.63, 3.8) is 0 Å². The lowest BCUT2D eigenvalue weighted by Crippen LogP contribution is -2.11. The summed E-state index contributed by atoms with van der Waals surface area (Å²) >= 11 is 7.38. The third-order valence-corrected chi connectivity index (χ3v) is 4.84. The first-order chi connectivity index (χ1) is 12.0. The van der Waals surface area contributed by atoms with Crippen molar-refractivity contribution in [3.8, 4) is 5.75 Å². The number of hydrogen-bond acceptors (Lipinski definition) is 3. The van der Waals surface area contributed by atoms with Crippen molar-refractivity contribution in [2.75, 3.05) is 5.32 Å². The first-order valence-electron chi connectivity index (χ1n) is 7.55. The molecule has 0 radical (unpaired) electrons. The number of carbonyl (C=O) groups excluding carboxylic acids is 1. The van der Waals surface area contributed by atoms with E-state index >= 15 is 0 Å². The summed E-state index contributed by atoms with van der Waals surface area (Å²) < 4.78 is 18.8. The van der Waals surface area contributed by atoms with Gasteiger partial charge in [0.1, 0.15) is 18.2 Å². The molecule has 0 spiro atoms. The molecule has 0 aliphatic heterocycles. The van der Waals surface area contributed by atoms with Gasteiger partial charge in [-0.05, 0) is 54.3 Å². The summed E-state index contributed by atoms with van der Waals surface area (Å²) in [6.45, 7) is 2.07. The summed E-state index contributed by atoms with van der Waals surface area (Å²) in [4.78, 5) is 12.9. The van der Waals surface area contributed by atoms with Gasteiger partial charge in [-0.3, -0.25) is 4.79 Å². The number of amides is 1. The maximum Gasteiger partial charge on any atom is 0.265 e. The molecule has 0 bridgehead atoms. The van der Waals surface area contributed by atoms with Crippen molar-refractivity contribution in [1.82, 2.24) is 0 Å². The van der Waals surface area contributed by atoms with E-state index in [4.69, 9.17) is 16.3 Å². The predicted octanol–water partition coefficient (Wildman–Crippen LogP) is 5.68. The maximum absolute atomic E-state index is 13.1. The zero-order valence-corrected chi connectivity index (χ0v) is 15.0. The van der Waals surface area contributed by atoms with Crippen LogP contribution in [-0.2, 0) is 6.61 Å². The molecule has 3 nitrogen and oxygen atoms in total. The van der Waals surface area contributed by atoms with Crippen molar-refractivity contribution in [2.24, 2.45) is 0 Å². The average Bonchev–Trinajstić information content (AvgIpc) is 3.06. The third-order valence-electron chi connectivity index (χ3n) is 3.55. The van der Waals surface area contributed by atoms with E-state index in [0.717, 1.165) is 5.56 Å². The molecule has 1 N–H and O–H groups in total. The summed E-state index contributed by atoms with van der Waals surface area (Å²) in [7, 11) is 0. The topological polar surface area (TPSA) is 38.3 Å². The van der Waals surface area contributed by atoms with Gasteiger partial charge in [-0.25, -0.2) is 4.39 Å². The maximum atomic E-state index is 13.1. The number of nitrogens with one attached hydrogen (secondary N) is 1. The number of para-hydroxylation sites is 1. The van der Waals surface area contributed by atoms with Gasteiger partial charge in [0.05, 0.1) is 9.90 Å². The number of thiophene rings is 1. The number of benzene rings is 2. The lowest BCUT2D eigenvalue weighted by Gasteiger charge is -2.07. The first-order valence-corrected chi connectivity index (χ1v) is 8.81. The van der Waals surface area contributed by atoms with Gasteiger partial charge >= 0.3 is 0 Å². The van der Waals surface area contributed by atoms with Crippen LogP contribution < -0.4 is 10.1 Å². The molecule has 0 atom stereocenters. The van der Waals surface area contributed by atoms with Crippen LogP contribution in [0.4, 0.5) is 10.1 Å². The summed E-state index contributed by atoms with van der Waals surface area (Å²) in [5.41, 5.74) is 2.15. The Kier molecular flexibility index (Phi) is 5.36. The summed E-state index contributed by atoms with van der Waals surface area (Å²) in [6.07, 6.45) is 0. The van der Waals surface area contributed by atoms with Gasteiger partial charge in [-0.15, -0.1) is 11.3 Å². The normalized spacial score (nSPS) is 10.5. The molecule has 1 heterocycles. The summed E-state index contributed by atoms with van der Waals surface area (Å²) in [5.74, 6) is 0.0395. The predicted molar refractivity (Wildman–Crippen MR) is 99.2 cm³/mol. The Hall–Kier alpha value is -2.37. The number of hydrogen-bond donors (Lipinski definition) is 1. The molecule has 1 amide bonds.